The Kier molecular flexibility index (Phi) is 4.11. The summed E-state index contributed by atoms with van der Waals surface area (Å²) in [5.74, 6) is 2.01. The summed E-state index contributed by atoms with van der Waals surface area (Å²) < 4.78 is 11.2. The van der Waals surface area contributed by atoms with Gasteiger partial charge >= 0.3 is 0 Å². The molecule has 110 valence electrons. The van der Waals surface area contributed by atoms with E-state index < -0.39 is 0 Å². The number of nitrogens with two attached hydrogens (primary N) is 1. The molecule has 0 bridgehead atoms. The van der Waals surface area contributed by atoms with E-state index in [2.05, 4.69) is 43.3 Å². The lowest BCUT2D eigenvalue weighted by atomic mass is 9.91. The largest absolute Gasteiger partial charge is 0.486 e. The number of ether oxygens (including phenoxy) is 2. The van der Waals surface area contributed by atoms with Crippen LogP contribution in [0.25, 0.3) is 0 Å². The van der Waals surface area contributed by atoms with Gasteiger partial charge in [0.2, 0.25) is 0 Å². The topological polar surface area (TPSA) is 44.5 Å². The smallest absolute Gasteiger partial charge is 0.161 e. The van der Waals surface area contributed by atoms with Gasteiger partial charge in [0.25, 0.3) is 0 Å². The van der Waals surface area contributed by atoms with E-state index in [1.807, 2.05) is 6.07 Å². The summed E-state index contributed by atoms with van der Waals surface area (Å²) in [7, 11) is 0. The molecule has 0 radical (unpaired) electrons. The molecule has 0 aliphatic carbocycles. The van der Waals surface area contributed by atoms with E-state index in [1.165, 1.54) is 16.7 Å². The molecule has 21 heavy (non-hydrogen) atoms. The quantitative estimate of drug-likeness (QED) is 0.938. The lowest BCUT2D eigenvalue weighted by Gasteiger charge is -2.20. The molecule has 0 spiro atoms. The van der Waals surface area contributed by atoms with Crippen LogP contribution in [-0.4, -0.2) is 19.8 Å². The number of benzene rings is 2. The fourth-order valence-corrected chi connectivity index (χ4v) is 2.76. The highest BCUT2D eigenvalue weighted by molar-refractivity contribution is 5.44. The maximum absolute atomic E-state index is 5.98. The zero-order valence-corrected chi connectivity index (χ0v) is 12.3. The van der Waals surface area contributed by atoms with Crippen LogP contribution in [0.5, 0.6) is 11.5 Å². The second-order valence-electron chi connectivity index (χ2n) is 5.53. The summed E-state index contributed by atoms with van der Waals surface area (Å²) in [6.07, 6.45) is 0.913. The molecule has 0 amide bonds. The average molecular weight is 283 g/mol. The van der Waals surface area contributed by atoms with Crippen molar-refractivity contribution in [1.82, 2.24) is 0 Å². The minimum Gasteiger partial charge on any atom is -0.486 e. The Balaban J connectivity index is 1.81. The molecule has 3 nitrogen and oxygen atoms in total. The number of fused-ring (bicyclic) bond motifs is 1. The van der Waals surface area contributed by atoms with Crippen LogP contribution in [0.2, 0.25) is 0 Å². The fourth-order valence-electron chi connectivity index (χ4n) is 2.76. The minimum absolute atomic E-state index is 0.326. The summed E-state index contributed by atoms with van der Waals surface area (Å²) in [6, 6.07) is 14.8. The third-order valence-corrected chi connectivity index (χ3v) is 3.89. The third kappa shape index (κ3) is 3.19. The first-order valence-electron chi connectivity index (χ1n) is 7.41. The summed E-state index contributed by atoms with van der Waals surface area (Å²) in [4.78, 5) is 0. The van der Waals surface area contributed by atoms with Crippen molar-refractivity contribution in [1.29, 1.82) is 0 Å². The highest BCUT2D eigenvalue weighted by Gasteiger charge is 2.15. The molecule has 3 heteroatoms. The lowest BCUT2D eigenvalue weighted by Crippen LogP contribution is -2.17. The molecule has 3 rings (SSSR count). The molecule has 0 saturated heterocycles. The molecular formula is C18H21NO2. The van der Waals surface area contributed by atoms with Crippen molar-refractivity contribution >= 4 is 0 Å². The van der Waals surface area contributed by atoms with E-state index in [1.54, 1.807) is 0 Å². The van der Waals surface area contributed by atoms with E-state index >= 15 is 0 Å². The van der Waals surface area contributed by atoms with Gasteiger partial charge in [0.1, 0.15) is 13.2 Å². The van der Waals surface area contributed by atoms with Crippen molar-refractivity contribution in [2.45, 2.75) is 19.3 Å². The van der Waals surface area contributed by atoms with Gasteiger partial charge in [0.15, 0.2) is 11.5 Å². The first-order chi connectivity index (χ1) is 10.3. The van der Waals surface area contributed by atoms with Crippen molar-refractivity contribution in [3.8, 4) is 11.5 Å². The van der Waals surface area contributed by atoms with Gasteiger partial charge in [-0.1, -0.05) is 35.9 Å². The van der Waals surface area contributed by atoms with Crippen LogP contribution in [0.3, 0.4) is 0 Å². The van der Waals surface area contributed by atoms with Crippen LogP contribution in [0.15, 0.2) is 42.5 Å². The number of hydrogen-bond acceptors (Lipinski definition) is 3. The Morgan fingerprint density at radius 3 is 2.62 bits per heavy atom. The zero-order chi connectivity index (χ0) is 14.7. The normalized spacial score (nSPS) is 14.8. The van der Waals surface area contributed by atoms with Gasteiger partial charge in [-0.2, -0.15) is 0 Å². The third-order valence-electron chi connectivity index (χ3n) is 3.89. The Bertz CT molecular complexity index is 624. The fraction of sp³-hybridized carbons (Fsp3) is 0.333. The Morgan fingerprint density at radius 2 is 1.86 bits per heavy atom. The van der Waals surface area contributed by atoms with Crippen LogP contribution in [0.4, 0.5) is 0 Å². The average Bonchev–Trinajstić information content (AvgIpc) is 2.52. The van der Waals surface area contributed by atoms with E-state index in [-0.39, 0.29) is 0 Å². The van der Waals surface area contributed by atoms with Gasteiger partial charge in [-0.15, -0.1) is 0 Å². The molecule has 1 atom stereocenters. The van der Waals surface area contributed by atoms with Gasteiger partial charge in [-0.05, 0) is 43.1 Å². The molecular weight excluding hydrogens is 262 g/mol. The first-order valence-corrected chi connectivity index (χ1v) is 7.41. The molecule has 2 aromatic carbocycles. The number of rotatable bonds is 4. The van der Waals surface area contributed by atoms with Crippen LogP contribution in [0.1, 0.15) is 22.6 Å². The molecule has 0 fully saturated rings. The lowest BCUT2D eigenvalue weighted by molar-refractivity contribution is 0.171. The van der Waals surface area contributed by atoms with Crippen molar-refractivity contribution < 1.29 is 9.47 Å². The van der Waals surface area contributed by atoms with Crippen molar-refractivity contribution in [3.63, 3.8) is 0 Å². The predicted molar refractivity (Wildman–Crippen MR) is 84.1 cm³/mol. The van der Waals surface area contributed by atoms with E-state index in [4.69, 9.17) is 15.2 Å². The molecule has 1 aliphatic rings. The first kappa shape index (κ1) is 14.0. The molecule has 2 N–H and O–H groups in total. The van der Waals surface area contributed by atoms with Crippen molar-refractivity contribution in [3.05, 3.63) is 59.2 Å². The van der Waals surface area contributed by atoms with Crippen LogP contribution >= 0.6 is 0 Å². The number of hydrogen-bond donors (Lipinski definition) is 1. The van der Waals surface area contributed by atoms with Crippen LogP contribution < -0.4 is 15.2 Å². The van der Waals surface area contributed by atoms with E-state index in [9.17, 15) is 0 Å². The number of aryl methyl sites for hydroxylation is 1. The molecule has 0 aromatic heterocycles. The summed E-state index contributed by atoms with van der Waals surface area (Å²) >= 11 is 0. The molecule has 2 aromatic rings. The standard InChI is InChI=1S/C18H21NO2/c1-13-3-2-4-15(9-13)16(12-19)10-14-5-6-17-18(11-14)21-8-7-20-17/h2-6,9,11,16H,7-8,10,12,19H2,1H3. The van der Waals surface area contributed by atoms with Crippen molar-refractivity contribution in [2.24, 2.45) is 5.73 Å². The summed E-state index contributed by atoms with van der Waals surface area (Å²) in [5.41, 5.74) is 9.79. The van der Waals surface area contributed by atoms with Crippen LogP contribution in [-0.2, 0) is 6.42 Å². The second kappa shape index (κ2) is 6.19. The molecule has 0 saturated carbocycles. The summed E-state index contributed by atoms with van der Waals surface area (Å²) in [6.45, 7) is 3.99. The SMILES string of the molecule is Cc1cccc(C(CN)Cc2ccc3c(c2)OCCO3)c1. The van der Waals surface area contributed by atoms with Gasteiger partial charge < -0.3 is 15.2 Å². The highest BCUT2D eigenvalue weighted by atomic mass is 16.6. The second-order valence-corrected chi connectivity index (χ2v) is 5.53. The van der Waals surface area contributed by atoms with Gasteiger partial charge in [0.05, 0.1) is 0 Å². The Morgan fingerprint density at radius 1 is 1.05 bits per heavy atom. The molecule has 1 heterocycles. The summed E-state index contributed by atoms with van der Waals surface area (Å²) in [5, 5.41) is 0. The monoisotopic (exact) mass is 283 g/mol. The maximum Gasteiger partial charge on any atom is 0.161 e. The minimum atomic E-state index is 0.326. The van der Waals surface area contributed by atoms with Crippen LogP contribution in [0, 0.1) is 6.92 Å². The Hall–Kier alpha value is -2.00. The maximum atomic E-state index is 5.98. The zero-order valence-electron chi connectivity index (χ0n) is 12.3. The molecule has 1 aliphatic heterocycles. The van der Waals surface area contributed by atoms with E-state index in [0.717, 1.165) is 17.9 Å². The van der Waals surface area contributed by atoms with Crippen molar-refractivity contribution in [2.75, 3.05) is 19.8 Å². The molecule has 1 unspecified atom stereocenters. The van der Waals surface area contributed by atoms with E-state index in [0.29, 0.717) is 25.7 Å². The van der Waals surface area contributed by atoms with Gasteiger partial charge in [-0.25, -0.2) is 0 Å². The predicted octanol–water partition coefficient (Wildman–Crippen LogP) is 3.05. The highest BCUT2D eigenvalue weighted by Crippen LogP contribution is 2.32. The van der Waals surface area contributed by atoms with Gasteiger partial charge in [-0.3, -0.25) is 0 Å². The van der Waals surface area contributed by atoms with Gasteiger partial charge in [0, 0.05) is 5.92 Å². The Labute approximate surface area is 125 Å².